The summed E-state index contributed by atoms with van der Waals surface area (Å²) in [5.41, 5.74) is 9.66. The zero-order valence-corrected chi connectivity index (χ0v) is 19.7. The summed E-state index contributed by atoms with van der Waals surface area (Å²) in [7, 11) is 0. The second-order valence-electron chi connectivity index (χ2n) is 9.18. The minimum atomic E-state index is -0.248. The summed E-state index contributed by atoms with van der Waals surface area (Å²) >= 11 is 0. The summed E-state index contributed by atoms with van der Waals surface area (Å²) in [5.74, 6) is 1.12. The molecule has 1 unspecified atom stereocenters. The molecule has 6 rings (SSSR count). The first-order valence-corrected chi connectivity index (χ1v) is 12.0. The number of piperidine rings is 1. The number of hydrogen-bond acceptors (Lipinski definition) is 7. The van der Waals surface area contributed by atoms with Gasteiger partial charge < -0.3 is 19.6 Å². The molecule has 0 aliphatic carbocycles. The molecule has 1 saturated heterocycles. The molecular weight excluding hydrogens is 454 g/mol. The fourth-order valence-corrected chi connectivity index (χ4v) is 5.05. The van der Waals surface area contributed by atoms with Crippen molar-refractivity contribution in [1.82, 2.24) is 19.1 Å². The van der Waals surface area contributed by atoms with Gasteiger partial charge in [0, 0.05) is 25.7 Å². The van der Waals surface area contributed by atoms with Gasteiger partial charge in [-0.05, 0) is 30.5 Å². The first kappa shape index (κ1) is 22.1. The maximum absolute atomic E-state index is 13.9. The molecule has 1 fully saturated rings. The Morgan fingerprint density at radius 2 is 1.92 bits per heavy atom. The lowest BCUT2D eigenvalue weighted by Crippen LogP contribution is -2.44. The Morgan fingerprint density at radius 1 is 1.11 bits per heavy atom. The van der Waals surface area contributed by atoms with Gasteiger partial charge in [-0.3, -0.25) is 9.36 Å². The third-order valence-electron chi connectivity index (χ3n) is 6.70. The highest BCUT2D eigenvalue weighted by molar-refractivity contribution is 5.89. The van der Waals surface area contributed by atoms with Crippen molar-refractivity contribution in [3.63, 3.8) is 0 Å². The van der Waals surface area contributed by atoms with E-state index in [0.29, 0.717) is 47.0 Å². The number of fused-ring (bicyclic) bond motifs is 2. The number of nitrogens with zero attached hydrogens (tertiary/aromatic N) is 6. The maximum Gasteiger partial charge on any atom is 0.278 e. The molecule has 1 atom stereocenters. The third-order valence-corrected chi connectivity index (χ3v) is 6.70. The molecule has 36 heavy (non-hydrogen) atoms. The number of para-hydroxylation sites is 2. The van der Waals surface area contributed by atoms with Crippen molar-refractivity contribution in [3.05, 3.63) is 88.3 Å². The SMILES string of the molecule is N#Cc1c(N2CCCC(N)C2)n(Cc2ccccc2)c2c(=O)n(Cc3nc4ccccc4o3)cnc12. The fraction of sp³-hybridized carbons (Fsp3) is 0.259. The van der Waals surface area contributed by atoms with E-state index in [0.717, 1.165) is 30.5 Å². The average Bonchev–Trinajstić information content (AvgIpc) is 3.44. The topological polar surface area (TPSA) is 119 Å². The van der Waals surface area contributed by atoms with Gasteiger partial charge in [-0.1, -0.05) is 42.5 Å². The van der Waals surface area contributed by atoms with Gasteiger partial charge in [-0.15, -0.1) is 0 Å². The van der Waals surface area contributed by atoms with E-state index in [-0.39, 0.29) is 18.1 Å². The Balaban J connectivity index is 1.52. The molecule has 0 spiro atoms. The van der Waals surface area contributed by atoms with Crippen LogP contribution in [0.5, 0.6) is 0 Å². The molecule has 1 aliphatic heterocycles. The summed E-state index contributed by atoms with van der Waals surface area (Å²) in [6.07, 6.45) is 3.33. The molecule has 2 N–H and O–H groups in total. The Labute approximate surface area is 207 Å². The normalized spacial score (nSPS) is 16.0. The first-order valence-electron chi connectivity index (χ1n) is 12.0. The standard InChI is InChI=1S/C27H25N7O2/c28-13-20-24-25(27(35)33(17-30-24)16-23-31-21-10-4-5-11-22(21)36-23)34(14-18-7-2-1-3-8-18)26(20)32-12-6-9-19(29)15-32/h1-5,7-8,10-11,17,19H,6,9,12,14-16,29H2. The minimum absolute atomic E-state index is 0.0113. The quantitative estimate of drug-likeness (QED) is 0.411. The van der Waals surface area contributed by atoms with E-state index in [1.807, 2.05) is 59.2 Å². The van der Waals surface area contributed by atoms with Crippen LogP contribution in [0.2, 0.25) is 0 Å². The van der Waals surface area contributed by atoms with Crippen LogP contribution in [0.15, 0.2) is 70.1 Å². The van der Waals surface area contributed by atoms with Crippen LogP contribution in [0.25, 0.3) is 22.1 Å². The number of rotatable bonds is 5. The average molecular weight is 480 g/mol. The molecule has 0 radical (unpaired) electrons. The Bertz CT molecular complexity index is 1630. The largest absolute Gasteiger partial charge is 0.439 e. The van der Waals surface area contributed by atoms with Gasteiger partial charge in [0.15, 0.2) is 5.58 Å². The number of nitriles is 1. The smallest absolute Gasteiger partial charge is 0.278 e. The van der Waals surface area contributed by atoms with Crippen LogP contribution in [0.4, 0.5) is 5.82 Å². The Hall–Kier alpha value is -4.42. The van der Waals surface area contributed by atoms with Gasteiger partial charge in [0.25, 0.3) is 5.56 Å². The molecule has 2 aromatic carbocycles. The summed E-state index contributed by atoms with van der Waals surface area (Å²) < 4.78 is 9.26. The number of nitrogens with two attached hydrogens (primary N) is 1. The lowest BCUT2D eigenvalue weighted by atomic mass is 10.1. The molecular formula is C27H25N7O2. The Kier molecular flexibility index (Phi) is 5.51. The molecule has 3 aromatic heterocycles. The predicted molar refractivity (Wildman–Crippen MR) is 137 cm³/mol. The highest BCUT2D eigenvalue weighted by Crippen LogP contribution is 2.32. The maximum atomic E-state index is 13.9. The van der Waals surface area contributed by atoms with Crippen LogP contribution in [0.3, 0.4) is 0 Å². The Morgan fingerprint density at radius 3 is 2.69 bits per heavy atom. The summed E-state index contributed by atoms with van der Waals surface area (Å²) in [4.78, 5) is 25.1. The molecule has 1 aliphatic rings. The predicted octanol–water partition coefficient (Wildman–Crippen LogP) is 3.23. The van der Waals surface area contributed by atoms with Gasteiger partial charge in [-0.25, -0.2) is 9.97 Å². The van der Waals surface area contributed by atoms with E-state index in [1.165, 1.54) is 10.9 Å². The van der Waals surface area contributed by atoms with E-state index in [2.05, 4.69) is 20.9 Å². The van der Waals surface area contributed by atoms with Crippen molar-refractivity contribution in [2.45, 2.75) is 32.0 Å². The van der Waals surface area contributed by atoms with Crippen molar-refractivity contribution >= 4 is 28.0 Å². The van der Waals surface area contributed by atoms with Crippen LogP contribution in [0, 0.1) is 11.3 Å². The minimum Gasteiger partial charge on any atom is -0.439 e. The second-order valence-corrected chi connectivity index (χ2v) is 9.18. The second kappa shape index (κ2) is 8.98. The molecule has 9 heteroatoms. The van der Waals surface area contributed by atoms with Crippen LogP contribution in [-0.2, 0) is 13.1 Å². The van der Waals surface area contributed by atoms with Crippen LogP contribution >= 0.6 is 0 Å². The van der Waals surface area contributed by atoms with Gasteiger partial charge in [0.05, 0.1) is 6.33 Å². The zero-order valence-electron chi connectivity index (χ0n) is 19.7. The first-order chi connectivity index (χ1) is 17.6. The molecule has 0 bridgehead atoms. The van der Waals surface area contributed by atoms with Crippen LogP contribution < -0.4 is 16.2 Å². The zero-order chi connectivity index (χ0) is 24.6. The van der Waals surface area contributed by atoms with Gasteiger partial charge >= 0.3 is 0 Å². The van der Waals surface area contributed by atoms with Crippen LogP contribution in [0.1, 0.15) is 29.9 Å². The van der Waals surface area contributed by atoms with Gasteiger partial charge in [-0.2, -0.15) is 5.26 Å². The third kappa shape index (κ3) is 3.82. The summed E-state index contributed by atoms with van der Waals surface area (Å²) in [6.45, 7) is 1.96. The van der Waals surface area contributed by atoms with Crippen LogP contribution in [-0.4, -0.2) is 38.2 Å². The number of benzene rings is 2. The highest BCUT2D eigenvalue weighted by atomic mass is 16.3. The van der Waals surface area contributed by atoms with Gasteiger partial charge in [0.1, 0.15) is 40.5 Å². The van der Waals surface area contributed by atoms with E-state index in [1.54, 1.807) is 0 Å². The lowest BCUT2D eigenvalue weighted by molar-refractivity contribution is 0.497. The molecule has 180 valence electrons. The molecule has 0 amide bonds. The van der Waals surface area contributed by atoms with E-state index in [9.17, 15) is 10.1 Å². The van der Waals surface area contributed by atoms with Gasteiger partial charge in [0.2, 0.25) is 5.89 Å². The monoisotopic (exact) mass is 479 g/mol. The van der Waals surface area contributed by atoms with E-state index >= 15 is 0 Å². The number of aromatic nitrogens is 4. The summed E-state index contributed by atoms with van der Waals surface area (Å²) in [5, 5.41) is 10.2. The fourth-order valence-electron chi connectivity index (χ4n) is 5.05. The van der Waals surface area contributed by atoms with Crippen molar-refractivity contribution < 1.29 is 4.42 Å². The lowest BCUT2D eigenvalue weighted by Gasteiger charge is -2.33. The van der Waals surface area contributed by atoms with Crippen molar-refractivity contribution in [3.8, 4) is 6.07 Å². The van der Waals surface area contributed by atoms with Crippen molar-refractivity contribution in [1.29, 1.82) is 5.26 Å². The molecule has 9 nitrogen and oxygen atoms in total. The van der Waals surface area contributed by atoms with Crippen molar-refractivity contribution in [2.75, 3.05) is 18.0 Å². The number of anilines is 1. The van der Waals surface area contributed by atoms with Crippen molar-refractivity contribution in [2.24, 2.45) is 5.73 Å². The summed E-state index contributed by atoms with van der Waals surface area (Å²) in [6, 6.07) is 19.7. The van der Waals surface area contributed by atoms with E-state index < -0.39 is 0 Å². The molecule has 4 heterocycles. The molecule has 0 saturated carbocycles. The number of oxazole rings is 1. The van der Waals surface area contributed by atoms with E-state index in [4.69, 9.17) is 10.2 Å². The molecule has 5 aromatic rings. The number of hydrogen-bond donors (Lipinski definition) is 1. The highest BCUT2D eigenvalue weighted by Gasteiger charge is 2.28.